The van der Waals surface area contributed by atoms with Crippen molar-refractivity contribution in [2.75, 3.05) is 6.54 Å². The number of rotatable bonds is 5. The van der Waals surface area contributed by atoms with E-state index in [9.17, 15) is 18.7 Å². The first-order valence-corrected chi connectivity index (χ1v) is 9.87. The van der Waals surface area contributed by atoms with E-state index in [1.807, 2.05) is 0 Å². The Morgan fingerprint density at radius 2 is 2.10 bits per heavy atom. The normalized spacial score (nSPS) is 19.5. The molecule has 0 saturated carbocycles. The van der Waals surface area contributed by atoms with Crippen molar-refractivity contribution in [3.05, 3.63) is 71.3 Å². The van der Waals surface area contributed by atoms with Gasteiger partial charge in [0.2, 0.25) is 12.2 Å². The second kappa shape index (κ2) is 9.11. The molecule has 1 aliphatic rings. The van der Waals surface area contributed by atoms with Gasteiger partial charge in [0.1, 0.15) is 22.8 Å². The number of nitrogens with two attached hydrogens (primary N) is 1. The van der Waals surface area contributed by atoms with Gasteiger partial charge >= 0.3 is 0 Å². The minimum atomic E-state index is -1.42. The summed E-state index contributed by atoms with van der Waals surface area (Å²) in [5, 5.41) is 26.7. The predicted molar refractivity (Wildman–Crippen MR) is 112 cm³/mol. The average molecular weight is 444 g/mol. The van der Waals surface area contributed by atoms with Crippen molar-refractivity contribution in [3.8, 4) is 6.19 Å². The number of hydrogen-bond donors (Lipinski definition) is 3. The smallest absolute Gasteiger partial charge is 0.272 e. The number of carbonyl (C=O) groups is 1. The Morgan fingerprint density at radius 3 is 2.74 bits per heavy atom. The molecule has 3 rings (SSSR count). The second-order valence-electron chi connectivity index (χ2n) is 6.56. The van der Waals surface area contributed by atoms with Gasteiger partial charge in [0.05, 0.1) is 6.54 Å². The molecule has 4 N–H and O–H groups in total. The summed E-state index contributed by atoms with van der Waals surface area (Å²) in [6, 6.07) is 11.6. The molecule has 8 nitrogen and oxygen atoms in total. The quantitative estimate of drug-likeness (QED) is 0.367. The number of thioether (sulfide) groups is 1. The molecule has 0 bridgehead atoms. The van der Waals surface area contributed by atoms with Crippen LogP contribution in [0.1, 0.15) is 18.1 Å². The number of amides is 1. The molecule has 0 aliphatic carbocycles. The van der Waals surface area contributed by atoms with Crippen LogP contribution < -0.4 is 11.1 Å². The van der Waals surface area contributed by atoms with Gasteiger partial charge < -0.3 is 16.2 Å². The number of guanidine groups is 1. The number of hydrogen-bond acceptors (Lipinski definition) is 6. The van der Waals surface area contributed by atoms with Crippen LogP contribution in [0.15, 0.2) is 58.6 Å². The van der Waals surface area contributed by atoms with Crippen LogP contribution in [0.3, 0.4) is 0 Å². The van der Waals surface area contributed by atoms with Crippen LogP contribution in [-0.4, -0.2) is 39.7 Å². The van der Waals surface area contributed by atoms with Gasteiger partial charge in [0.25, 0.3) is 5.91 Å². The van der Waals surface area contributed by atoms with Crippen LogP contribution in [0.5, 0.6) is 0 Å². The third-order valence-electron chi connectivity index (χ3n) is 4.43. The lowest BCUT2D eigenvalue weighted by Crippen LogP contribution is -2.52. The molecule has 0 spiro atoms. The molecular formula is C20H18F2N6O2S. The van der Waals surface area contributed by atoms with E-state index < -0.39 is 28.5 Å². The van der Waals surface area contributed by atoms with Gasteiger partial charge in [-0.05, 0) is 30.7 Å². The number of nitrogens with one attached hydrogen (secondary N) is 1. The van der Waals surface area contributed by atoms with E-state index in [0.29, 0.717) is 5.56 Å². The number of benzene rings is 2. The Morgan fingerprint density at radius 1 is 1.39 bits per heavy atom. The zero-order valence-corrected chi connectivity index (χ0v) is 17.1. The van der Waals surface area contributed by atoms with E-state index in [4.69, 9.17) is 11.0 Å². The van der Waals surface area contributed by atoms with Gasteiger partial charge in [-0.1, -0.05) is 42.1 Å². The lowest BCUT2D eigenvalue weighted by Gasteiger charge is -2.36. The fourth-order valence-corrected chi connectivity index (χ4v) is 4.29. The molecule has 31 heavy (non-hydrogen) atoms. The van der Waals surface area contributed by atoms with E-state index in [0.717, 1.165) is 35.0 Å². The van der Waals surface area contributed by atoms with Crippen molar-refractivity contribution < 1.29 is 18.7 Å². The molecule has 2 atom stereocenters. The van der Waals surface area contributed by atoms with Crippen LogP contribution in [-0.2, 0) is 9.67 Å². The van der Waals surface area contributed by atoms with Gasteiger partial charge in [0, 0.05) is 5.56 Å². The molecular weight excluding hydrogens is 426 g/mol. The molecule has 0 fully saturated rings. The topological polar surface area (TPSA) is 127 Å². The summed E-state index contributed by atoms with van der Waals surface area (Å²) in [7, 11) is 0. The molecule has 1 amide bonds. The maximum atomic E-state index is 14.5. The number of nitriles is 1. The highest BCUT2D eigenvalue weighted by Crippen LogP contribution is 2.47. The molecule has 1 heterocycles. The molecule has 1 unspecified atom stereocenters. The fourth-order valence-electron chi connectivity index (χ4n) is 2.97. The van der Waals surface area contributed by atoms with Gasteiger partial charge in [0.15, 0.2) is 4.87 Å². The van der Waals surface area contributed by atoms with Crippen LogP contribution in [0, 0.1) is 23.1 Å². The summed E-state index contributed by atoms with van der Waals surface area (Å²) in [5.41, 5.74) is 6.11. The first kappa shape index (κ1) is 22.2. The van der Waals surface area contributed by atoms with Crippen molar-refractivity contribution in [1.29, 1.82) is 5.26 Å². The number of aliphatic hydroxyl groups excluding tert-OH is 1. The first-order chi connectivity index (χ1) is 14.8. The van der Waals surface area contributed by atoms with Gasteiger partial charge in [-0.15, -0.1) is 4.99 Å². The zero-order chi connectivity index (χ0) is 22.6. The number of nitrogens with zero attached hydrogens (tertiary/aromatic N) is 4. The minimum Gasteiger partial charge on any atom is -0.383 e. The highest BCUT2D eigenvalue weighted by atomic mass is 32.2. The van der Waals surface area contributed by atoms with Gasteiger partial charge in [-0.2, -0.15) is 10.4 Å². The van der Waals surface area contributed by atoms with Crippen LogP contribution in [0.2, 0.25) is 0 Å². The largest absolute Gasteiger partial charge is 0.383 e. The summed E-state index contributed by atoms with van der Waals surface area (Å²) < 4.78 is 28.3. The molecule has 1 aliphatic heterocycles. The maximum absolute atomic E-state index is 14.5. The monoisotopic (exact) mass is 444 g/mol. The summed E-state index contributed by atoms with van der Waals surface area (Å²) >= 11 is 0.982. The summed E-state index contributed by atoms with van der Waals surface area (Å²) in [6.07, 6.45) is 0.127. The third kappa shape index (κ3) is 4.50. The van der Waals surface area contributed by atoms with Crippen molar-refractivity contribution in [2.45, 2.75) is 17.9 Å². The third-order valence-corrected chi connectivity index (χ3v) is 5.81. The summed E-state index contributed by atoms with van der Waals surface area (Å²) in [4.78, 5) is 14.9. The Balaban J connectivity index is 2.15. The number of halogens is 2. The second-order valence-corrected chi connectivity index (χ2v) is 7.82. The summed E-state index contributed by atoms with van der Waals surface area (Å²) in [6.45, 7) is 1.18. The number of aliphatic hydroxyl groups is 1. The molecule has 0 saturated heterocycles. The SMILES string of the molecule is C[C@H](O)C(=O)N1N=C(c2cc(F)ccc2F)SC1(CN/C(N)=N\C#N)c1ccccc1. The number of carbonyl (C=O) groups excluding carboxylic acids is 1. The van der Waals surface area contributed by atoms with Crippen LogP contribution >= 0.6 is 11.8 Å². The molecule has 0 radical (unpaired) electrons. The van der Waals surface area contributed by atoms with E-state index in [2.05, 4.69) is 15.4 Å². The maximum Gasteiger partial charge on any atom is 0.272 e. The molecule has 11 heteroatoms. The zero-order valence-electron chi connectivity index (χ0n) is 16.3. The van der Waals surface area contributed by atoms with Crippen molar-refractivity contribution in [1.82, 2.24) is 10.3 Å². The highest BCUT2D eigenvalue weighted by molar-refractivity contribution is 8.15. The highest BCUT2D eigenvalue weighted by Gasteiger charge is 2.50. The lowest BCUT2D eigenvalue weighted by molar-refractivity contribution is -0.142. The van der Waals surface area contributed by atoms with E-state index in [-0.39, 0.29) is 23.1 Å². The Kier molecular flexibility index (Phi) is 6.53. The summed E-state index contributed by atoms with van der Waals surface area (Å²) in [5.74, 6) is -2.36. The molecule has 0 aromatic heterocycles. The Hall–Kier alpha value is -3.49. The fraction of sp³-hybridized carbons (Fsp3) is 0.200. The standard InChI is InChI=1S/C20H18F2N6O2S/c1-12(29)18(30)28-20(10-25-19(24)26-11-23,13-5-3-2-4-6-13)31-17(27-28)15-9-14(21)7-8-16(15)22/h2-9,12,29H,10H2,1H3,(H3,24,25,26)/t12-,20?/m0/s1. The predicted octanol–water partition coefficient (Wildman–Crippen LogP) is 1.82. The van der Waals surface area contributed by atoms with Crippen LogP contribution in [0.25, 0.3) is 0 Å². The molecule has 2 aromatic carbocycles. The first-order valence-electron chi connectivity index (χ1n) is 9.05. The van der Waals surface area contributed by atoms with Crippen LogP contribution in [0.4, 0.5) is 8.78 Å². The number of aliphatic imine (C=N–C) groups is 1. The minimum absolute atomic E-state index is 0.0347. The van der Waals surface area contributed by atoms with E-state index in [1.54, 1.807) is 36.5 Å². The van der Waals surface area contributed by atoms with Gasteiger partial charge in [-0.25, -0.2) is 13.8 Å². The average Bonchev–Trinajstić information content (AvgIpc) is 3.15. The van der Waals surface area contributed by atoms with Crippen molar-refractivity contribution in [2.24, 2.45) is 15.8 Å². The lowest BCUT2D eigenvalue weighted by atomic mass is 10.0. The Bertz CT molecular complexity index is 1090. The Labute approximate surface area is 181 Å². The number of hydrazone groups is 1. The van der Waals surface area contributed by atoms with E-state index in [1.165, 1.54) is 6.92 Å². The van der Waals surface area contributed by atoms with E-state index >= 15 is 0 Å². The molecule has 2 aromatic rings. The molecule has 160 valence electrons. The van der Waals surface area contributed by atoms with Crippen molar-refractivity contribution in [3.63, 3.8) is 0 Å². The van der Waals surface area contributed by atoms with Crippen molar-refractivity contribution >= 4 is 28.7 Å². The van der Waals surface area contributed by atoms with Gasteiger partial charge in [-0.3, -0.25) is 4.79 Å².